The topological polar surface area (TPSA) is 25.8 Å². The average molecular weight is 473 g/mol. The Kier molecular flexibility index (Phi) is 9.28. The minimum absolute atomic E-state index is 1.03. The fourth-order valence-corrected chi connectivity index (χ4v) is 19.8. The molecule has 0 spiro atoms. The van der Waals surface area contributed by atoms with Crippen molar-refractivity contribution in [1.29, 1.82) is 0 Å². The van der Waals surface area contributed by atoms with Gasteiger partial charge in [-0.05, 0) is 0 Å². The molecule has 0 unspecified atom stereocenters. The Balaban J connectivity index is 2.51. The number of hydrogen-bond acceptors (Lipinski definition) is 2. The van der Waals surface area contributed by atoms with Crippen molar-refractivity contribution in [1.82, 2.24) is 9.97 Å². The molecule has 0 aromatic carbocycles. The summed E-state index contributed by atoms with van der Waals surface area (Å²) in [5.74, 6) is 0. The second-order valence-corrected chi connectivity index (χ2v) is 21.3. The number of hydrogen-bond donors (Lipinski definition) is 0. The van der Waals surface area contributed by atoms with Gasteiger partial charge < -0.3 is 0 Å². The molecule has 148 valence electrons. The van der Waals surface area contributed by atoms with E-state index in [1.807, 2.05) is 6.20 Å². The molecule has 0 amide bonds. The Hall–Kier alpha value is -0.901. The van der Waals surface area contributed by atoms with Crippen LogP contribution in [0.4, 0.5) is 0 Å². The molecule has 0 N–H and O–H groups in total. The molecule has 0 radical (unpaired) electrons. The predicted molar refractivity (Wildman–Crippen MR) is 121 cm³/mol. The standard InChI is InChI=1S/C12H11N2.3C4H9.Sn/c1-9-3-5-13-11(7-9)12-8-10(2)4-6-14-12;3*1-3-4-2;/h3-5,7-8H,1-2H3;3*1,3-4H2,2H3;. The molecule has 0 aliphatic heterocycles. The summed E-state index contributed by atoms with van der Waals surface area (Å²) in [5, 5.41) is 0. The Labute approximate surface area is 171 Å². The second kappa shape index (κ2) is 11.2. The molecule has 0 aliphatic rings. The van der Waals surface area contributed by atoms with Gasteiger partial charge in [0.2, 0.25) is 0 Å². The predicted octanol–water partition coefficient (Wildman–Crippen LogP) is 6.82. The van der Waals surface area contributed by atoms with Crippen molar-refractivity contribution in [3.05, 3.63) is 41.6 Å². The first-order chi connectivity index (χ1) is 13.0. The van der Waals surface area contributed by atoms with Crippen molar-refractivity contribution in [3.63, 3.8) is 0 Å². The molecular formula is C24H38N2Sn. The summed E-state index contributed by atoms with van der Waals surface area (Å²) < 4.78 is 5.89. The van der Waals surface area contributed by atoms with Crippen LogP contribution in [0, 0.1) is 13.8 Å². The summed E-state index contributed by atoms with van der Waals surface area (Å²) in [6.45, 7) is 11.4. The SMILES string of the molecule is CCC[CH2][Sn]([CH2]CCC)([CH2]CCC)[c]1cc(C)cc(-c2cc(C)ccn2)n1. The molecule has 2 aromatic rings. The molecular weight excluding hydrogens is 435 g/mol. The van der Waals surface area contributed by atoms with Crippen LogP contribution in [-0.4, -0.2) is 28.3 Å². The van der Waals surface area contributed by atoms with Crippen molar-refractivity contribution in [2.24, 2.45) is 0 Å². The van der Waals surface area contributed by atoms with E-state index in [9.17, 15) is 0 Å². The zero-order valence-electron chi connectivity index (χ0n) is 18.1. The molecule has 0 aliphatic carbocycles. The summed E-state index contributed by atoms with van der Waals surface area (Å²) in [6.07, 6.45) is 9.93. The van der Waals surface area contributed by atoms with Gasteiger partial charge in [-0.1, -0.05) is 0 Å². The summed E-state index contributed by atoms with van der Waals surface area (Å²) in [5.41, 5.74) is 4.72. The van der Waals surface area contributed by atoms with Crippen LogP contribution >= 0.6 is 0 Å². The number of aromatic nitrogens is 2. The molecule has 0 saturated carbocycles. The Bertz CT molecular complexity index is 690. The first kappa shape index (κ1) is 22.4. The van der Waals surface area contributed by atoms with Crippen LogP contribution in [0.2, 0.25) is 13.3 Å². The summed E-state index contributed by atoms with van der Waals surface area (Å²) >= 11 is -2.50. The van der Waals surface area contributed by atoms with Crippen LogP contribution in [0.3, 0.4) is 0 Å². The van der Waals surface area contributed by atoms with E-state index in [-0.39, 0.29) is 0 Å². The summed E-state index contributed by atoms with van der Waals surface area (Å²) in [4.78, 5) is 9.93. The van der Waals surface area contributed by atoms with Gasteiger partial charge in [-0.3, -0.25) is 0 Å². The van der Waals surface area contributed by atoms with Gasteiger partial charge in [0.15, 0.2) is 0 Å². The first-order valence-electron chi connectivity index (χ1n) is 11.0. The van der Waals surface area contributed by atoms with E-state index < -0.39 is 18.4 Å². The van der Waals surface area contributed by atoms with Crippen molar-refractivity contribution in [2.75, 3.05) is 0 Å². The fraction of sp³-hybridized carbons (Fsp3) is 0.583. The van der Waals surface area contributed by atoms with Gasteiger partial charge in [-0.25, -0.2) is 0 Å². The minimum atomic E-state index is -2.50. The van der Waals surface area contributed by atoms with Gasteiger partial charge in [0.25, 0.3) is 0 Å². The number of rotatable bonds is 11. The van der Waals surface area contributed by atoms with Gasteiger partial charge >= 0.3 is 171 Å². The zero-order chi connectivity index (χ0) is 19.7. The molecule has 2 heterocycles. The van der Waals surface area contributed by atoms with Gasteiger partial charge in [0.05, 0.1) is 0 Å². The Morgan fingerprint density at radius 2 is 1.30 bits per heavy atom. The molecule has 2 rings (SSSR count). The van der Waals surface area contributed by atoms with E-state index in [0.717, 1.165) is 11.4 Å². The molecule has 27 heavy (non-hydrogen) atoms. The van der Waals surface area contributed by atoms with E-state index in [0.29, 0.717) is 0 Å². The maximum atomic E-state index is 5.31. The van der Waals surface area contributed by atoms with Gasteiger partial charge in [0.1, 0.15) is 0 Å². The van der Waals surface area contributed by atoms with Crippen LogP contribution in [0.25, 0.3) is 11.4 Å². The third-order valence-corrected chi connectivity index (χ3v) is 20.8. The molecule has 2 aromatic heterocycles. The van der Waals surface area contributed by atoms with E-state index >= 15 is 0 Å². The van der Waals surface area contributed by atoms with E-state index in [4.69, 9.17) is 4.98 Å². The number of unbranched alkanes of at least 4 members (excludes halogenated alkanes) is 3. The van der Waals surface area contributed by atoms with Crippen LogP contribution in [-0.2, 0) is 0 Å². The van der Waals surface area contributed by atoms with Gasteiger partial charge in [-0.2, -0.15) is 0 Å². The van der Waals surface area contributed by atoms with Crippen molar-refractivity contribution >= 4 is 22.1 Å². The first-order valence-corrected chi connectivity index (χ1v) is 18.4. The normalized spacial score (nSPS) is 11.7. The van der Waals surface area contributed by atoms with E-state index in [1.54, 1.807) is 0 Å². The molecule has 0 bridgehead atoms. The van der Waals surface area contributed by atoms with Crippen LogP contribution < -0.4 is 3.71 Å². The van der Waals surface area contributed by atoms with E-state index in [1.165, 1.54) is 66.7 Å². The fourth-order valence-electron chi connectivity index (χ4n) is 4.05. The van der Waals surface area contributed by atoms with Crippen molar-refractivity contribution < 1.29 is 0 Å². The third-order valence-electron chi connectivity index (χ3n) is 5.72. The molecule has 2 nitrogen and oxygen atoms in total. The van der Waals surface area contributed by atoms with Gasteiger partial charge in [-0.15, -0.1) is 0 Å². The van der Waals surface area contributed by atoms with Gasteiger partial charge in [0, 0.05) is 0 Å². The number of pyridine rings is 2. The van der Waals surface area contributed by atoms with Crippen molar-refractivity contribution in [3.8, 4) is 11.4 Å². The number of nitrogens with zero attached hydrogens (tertiary/aromatic N) is 2. The van der Waals surface area contributed by atoms with Crippen LogP contribution in [0.15, 0.2) is 30.5 Å². The Morgan fingerprint density at radius 1 is 0.741 bits per heavy atom. The molecule has 0 fully saturated rings. The quantitative estimate of drug-likeness (QED) is 0.335. The third kappa shape index (κ3) is 6.30. The molecule has 3 heteroatoms. The Morgan fingerprint density at radius 3 is 1.81 bits per heavy atom. The van der Waals surface area contributed by atoms with E-state index in [2.05, 4.69) is 63.9 Å². The second-order valence-electron chi connectivity index (χ2n) is 8.22. The monoisotopic (exact) mass is 474 g/mol. The average Bonchev–Trinajstić information content (AvgIpc) is 2.67. The number of aryl methyl sites for hydroxylation is 2. The summed E-state index contributed by atoms with van der Waals surface area (Å²) in [7, 11) is 0. The maximum absolute atomic E-state index is 5.31. The van der Waals surface area contributed by atoms with Crippen LogP contribution in [0.5, 0.6) is 0 Å². The van der Waals surface area contributed by atoms with Crippen LogP contribution in [0.1, 0.15) is 70.4 Å². The van der Waals surface area contributed by atoms with Crippen molar-refractivity contribution in [2.45, 2.75) is 86.5 Å². The molecule has 0 saturated heterocycles. The molecule has 0 atom stereocenters. The zero-order valence-corrected chi connectivity index (χ0v) is 21.0. The summed E-state index contributed by atoms with van der Waals surface area (Å²) in [6, 6.07) is 8.90.